The van der Waals surface area contributed by atoms with Crippen LogP contribution in [0.5, 0.6) is 0 Å². The van der Waals surface area contributed by atoms with Gasteiger partial charge >= 0.3 is 0 Å². The summed E-state index contributed by atoms with van der Waals surface area (Å²) in [5, 5.41) is 13.4. The van der Waals surface area contributed by atoms with Crippen LogP contribution in [-0.4, -0.2) is 41.7 Å². The normalized spacial score (nSPS) is 16.6. The van der Waals surface area contributed by atoms with Gasteiger partial charge in [-0.1, -0.05) is 30.3 Å². The molecular formula is C16H26IN3O. The summed E-state index contributed by atoms with van der Waals surface area (Å²) in [4.78, 5) is 6.68. The Morgan fingerprint density at radius 1 is 1.33 bits per heavy atom. The Kier molecular flexibility index (Phi) is 7.45. The SMILES string of the molecule is CCNC(=NCC1(O)CCC1)N(C)Cc1ccccc1.I. The standard InChI is InChI=1S/C16H25N3O.HI/c1-3-17-15(18-13-16(20)10-7-11-16)19(2)12-14-8-5-4-6-9-14;/h4-6,8-9,20H,3,7,10-13H2,1-2H3,(H,17,18);1H. The van der Waals surface area contributed by atoms with Crippen molar-refractivity contribution < 1.29 is 5.11 Å². The molecule has 1 aromatic carbocycles. The lowest BCUT2D eigenvalue weighted by molar-refractivity contribution is -0.0237. The summed E-state index contributed by atoms with van der Waals surface area (Å²) in [5.74, 6) is 0.858. The molecule has 1 aliphatic carbocycles. The summed E-state index contributed by atoms with van der Waals surface area (Å²) >= 11 is 0. The highest BCUT2D eigenvalue weighted by atomic mass is 127. The average molecular weight is 403 g/mol. The molecule has 1 saturated carbocycles. The van der Waals surface area contributed by atoms with Crippen LogP contribution in [0.2, 0.25) is 0 Å². The smallest absolute Gasteiger partial charge is 0.194 e. The molecular weight excluding hydrogens is 377 g/mol. The molecule has 0 amide bonds. The maximum absolute atomic E-state index is 10.1. The van der Waals surface area contributed by atoms with Gasteiger partial charge in [0.1, 0.15) is 0 Å². The average Bonchev–Trinajstić information content (AvgIpc) is 2.42. The fraction of sp³-hybridized carbons (Fsp3) is 0.562. The molecule has 0 radical (unpaired) electrons. The van der Waals surface area contributed by atoms with E-state index < -0.39 is 5.60 Å². The first kappa shape index (κ1) is 18.2. The zero-order chi connectivity index (χ0) is 14.4. The first-order valence-electron chi connectivity index (χ1n) is 7.39. The third kappa shape index (κ3) is 5.47. The van der Waals surface area contributed by atoms with Crippen LogP contribution in [0.3, 0.4) is 0 Å². The van der Waals surface area contributed by atoms with Crippen molar-refractivity contribution >= 4 is 29.9 Å². The number of halogens is 1. The number of aliphatic hydroxyl groups is 1. The number of nitrogens with zero attached hydrogens (tertiary/aromatic N) is 2. The minimum Gasteiger partial charge on any atom is -0.388 e. The van der Waals surface area contributed by atoms with Gasteiger partial charge in [0, 0.05) is 20.1 Å². The molecule has 0 saturated heterocycles. The van der Waals surface area contributed by atoms with Gasteiger partial charge in [-0.15, -0.1) is 24.0 Å². The van der Waals surface area contributed by atoms with Crippen molar-refractivity contribution in [3.8, 4) is 0 Å². The van der Waals surface area contributed by atoms with Crippen molar-refractivity contribution in [2.75, 3.05) is 20.1 Å². The van der Waals surface area contributed by atoms with Crippen molar-refractivity contribution in [1.82, 2.24) is 10.2 Å². The fourth-order valence-electron chi connectivity index (χ4n) is 2.37. The number of nitrogens with one attached hydrogen (secondary N) is 1. The molecule has 0 heterocycles. The van der Waals surface area contributed by atoms with Gasteiger partial charge in [0.2, 0.25) is 0 Å². The minimum atomic E-state index is -0.561. The molecule has 118 valence electrons. The van der Waals surface area contributed by atoms with Crippen LogP contribution in [0.1, 0.15) is 31.7 Å². The van der Waals surface area contributed by atoms with Crippen molar-refractivity contribution in [2.45, 2.75) is 38.3 Å². The van der Waals surface area contributed by atoms with E-state index >= 15 is 0 Å². The predicted molar refractivity (Wildman–Crippen MR) is 98.1 cm³/mol. The Balaban J connectivity index is 0.00000220. The lowest BCUT2D eigenvalue weighted by Gasteiger charge is -2.35. The van der Waals surface area contributed by atoms with Gasteiger partial charge in [0.15, 0.2) is 5.96 Å². The van der Waals surface area contributed by atoms with Gasteiger partial charge in [-0.3, -0.25) is 4.99 Å². The van der Waals surface area contributed by atoms with E-state index in [0.29, 0.717) is 6.54 Å². The highest BCUT2D eigenvalue weighted by Gasteiger charge is 2.34. The molecule has 0 aromatic heterocycles. The van der Waals surface area contributed by atoms with E-state index in [2.05, 4.69) is 34.3 Å². The molecule has 0 spiro atoms. The van der Waals surface area contributed by atoms with Crippen molar-refractivity contribution in [3.63, 3.8) is 0 Å². The van der Waals surface area contributed by atoms with E-state index in [4.69, 9.17) is 0 Å². The number of benzene rings is 1. The summed E-state index contributed by atoms with van der Waals surface area (Å²) < 4.78 is 0. The fourth-order valence-corrected chi connectivity index (χ4v) is 2.37. The quantitative estimate of drug-likeness (QED) is 0.452. The van der Waals surface area contributed by atoms with Crippen molar-refractivity contribution in [2.24, 2.45) is 4.99 Å². The molecule has 0 aliphatic heterocycles. The lowest BCUT2D eigenvalue weighted by atomic mass is 9.80. The van der Waals surface area contributed by atoms with Crippen LogP contribution < -0.4 is 5.32 Å². The molecule has 4 nitrogen and oxygen atoms in total. The van der Waals surface area contributed by atoms with Crippen LogP contribution in [0, 0.1) is 0 Å². The third-order valence-corrected chi connectivity index (χ3v) is 3.77. The Labute approximate surface area is 144 Å². The van der Waals surface area contributed by atoms with E-state index in [1.54, 1.807) is 0 Å². The number of guanidine groups is 1. The Morgan fingerprint density at radius 3 is 2.52 bits per heavy atom. The van der Waals surface area contributed by atoms with Crippen LogP contribution in [0.4, 0.5) is 0 Å². The summed E-state index contributed by atoms with van der Waals surface area (Å²) in [6, 6.07) is 10.3. The molecule has 5 heteroatoms. The minimum absolute atomic E-state index is 0. The second kappa shape index (κ2) is 8.58. The van der Waals surface area contributed by atoms with Crippen LogP contribution >= 0.6 is 24.0 Å². The van der Waals surface area contributed by atoms with E-state index in [9.17, 15) is 5.11 Å². The maximum atomic E-state index is 10.1. The number of rotatable bonds is 5. The molecule has 0 bridgehead atoms. The first-order chi connectivity index (χ1) is 9.63. The summed E-state index contributed by atoms with van der Waals surface area (Å²) in [7, 11) is 2.03. The molecule has 0 atom stereocenters. The van der Waals surface area contributed by atoms with Gasteiger partial charge in [-0.25, -0.2) is 0 Å². The van der Waals surface area contributed by atoms with Crippen molar-refractivity contribution in [3.05, 3.63) is 35.9 Å². The van der Waals surface area contributed by atoms with Crippen molar-refractivity contribution in [1.29, 1.82) is 0 Å². The predicted octanol–water partition coefficient (Wildman–Crippen LogP) is 2.62. The third-order valence-electron chi connectivity index (χ3n) is 3.77. The maximum Gasteiger partial charge on any atom is 0.194 e. The summed E-state index contributed by atoms with van der Waals surface area (Å²) in [6.07, 6.45) is 2.86. The van der Waals surface area contributed by atoms with Crippen LogP contribution in [0.25, 0.3) is 0 Å². The highest BCUT2D eigenvalue weighted by Crippen LogP contribution is 2.31. The Hall–Kier alpha value is -0.820. The molecule has 1 fully saturated rings. The first-order valence-corrected chi connectivity index (χ1v) is 7.39. The number of aliphatic imine (C=N–C) groups is 1. The van der Waals surface area contributed by atoms with Crippen LogP contribution in [-0.2, 0) is 6.54 Å². The van der Waals surface area contributed by atoms with Gasteiger partial charge in [-0.2, -0.15) is 0 Å². The highest BCUT2D eigenvalue weighted by molar-refractivity contribution is 14.0. The van der Waals surface area contributed by atoms with Gasteiger partial charge in [0.05, 0.1) is 12.1 Å². The Bertz CT molecular complexity index is 446. The lowest BCUT2D eigenvalue weighted by Crippen LogP contribution is -2.43. The number of hydrogen-bond donors (Lipinski definition) is 2. The molecule has 21 heavy (non-hydrogen) atoms. The van der Waals surface area contributed by atoms with E-state index in [1.807, 2.05) is 25.2 Å². The van der Waals surface area contributed by atoms with Gasteiger partial charge in [-0.05, 0) is 31.7 Å². The monoisotopic (exact) mass is 403 g/mol. The second-order valence-electron chi connectivity index (χ2n) is 5.59. The topological polar surface area (TPSA) is 47.9 Å². The van der Waals surface area contributed by atoms with Gasteiger partial charge < -0.3 is 15.3 Å². The van der Waals surface area contributed by atoms with E-state index in [-0.39, 0.29) is 24.0 Å². The molecule has 1 aliphatic rings. The molecule has 0 unspecified atom stereocenters. The summed E-state index contributed by atoms with van der Waals surface area (Å²) in [5.41, 5.74) is 0.691. The number of hydrogen-bond acceptors (Lipinski definition) is 2. The second-order valence-corrected chi connectivity index (χ2v) is 5.59. The van der Waals surface area contributed by atoms with E-state index in [1.165, 1.54) is 5.56 Å². The molecule has 2 N–H and O–H groups in total. The Morgan fingerprint density at radius 2 is 2.00 bits per heavy atom. The zero-order valence-corrected chi connectivity index (χ0v) is 15.2. The van der Waals surface area contributed by atoms with Crippen LogP contribution in [0.15, 0.2) is 35.3 Å². The summed E-state index contributed by atoms with van der Waals surface area (Å²) in [6.45, 7) is 4.19. The zero-order valence-electron chi connectivity index (χ0n) is 12.9. The molecule has 2 rings (SSSR count). The van der Waals surface area contributed by atoms with E-state index in [0.717, 1.165) is 38.3 Å². The largest absolute Gasteiger partial charge is 0.388 e. The molecule has 1 aromatic rings. The van der Waals surface area contributed by atoms with Gasteiger partial charge in [0.25, 0.3) is 0 Å².